The first-order valence-electron chi connectivity index (χ1n) is 9.27. The predicted octanol–water partition coefficient (Wildman–Crippen LogP) is 2.74. The molecule has 1 atom stereocenters. The third kappa shape index (κ3) is 4.45. The molecule has 158 valence electrons. The van der Waals surface area contributed by atoms with Gasteiger partial charge in [-0.1, -0.05) is 0 Å². The molecule has 1 aliphatic heterocycles. The van der Waals surface area contributed by atoms with Crippen molar-refractivity contribution in [3.05, 3.63) is 59.2 Å². The summed E-state index contributed by atoms with van der Waals surface area (Å²) in [5, 5.41) is 5.26. The van der Waals surface area contributed by atoms with Crippen LogP contribution in [0.4, 0.5) is 4.79 Å². The Morgan fingerprint density at radius 3 is 2.63 bits per heavy atom. The first-order valence-corrected chi connectivity index (χ1v) is 9.27. The smallest absolute Gasteiger partial charge is 0.338 e. The number of hydrogen-bond donors (Lipinski definition) is 2. The molecule has 30 heavy (non-hydrogen) atoms. The Bertz CT molecular complexity index is 979. The highest BCUT2D eigenvalue weighted by molar-refractivity contribution is 5.95. The van der Waals surface area contributed by atoms with Gasteiger partial charge in [0.05, 0.1) is 31.2 Å². The van der Waals surface area contributed by atoms with Crippen LogP contribution in [0.2, 0.25) is 0 Å². The highest BCUT2D eigenvalue weighted by Crippen LogP contribution is 2.31. The van der Waals surface area contributed by atoms with Crippen molar-refractivity contribution in [1.82, 2.24) is 10.6 Å². The standard InChI is InChI=1S/C21H22N2O7/c1-4-28-20(25)18-14(22-21(26)23-19(18)16-6-5-9-29-16)11-30-15-8-7-13(12(2)24)10-17(15)27-3/h5-10,19H,4,11H2,1-3H3,(H2,22,23,26). The van der Waals surface area contributed by atoms with Crippen molar-refractivity contribution in [2.24, 2.45) is 0 Å². The summed E-state index contributed by atoms with van der Waals surface area (Å²) in [4.78, 5) is 36.4. The van der Waals surface area contributed by atoms with Crippen LogP contribution in [-0.2, 0) is 9.53 Å². The number of methoxy groups -OCH3 is 1. The van der Waals surface area contributed by atoms with Gasteiger partial charge in [-0.3, -0.25) is 4.79 Å². The van der Waals surface area contributed by atoms with E-state index in [1.54, 1.807) is 37.3 Å². The van der Waals surface area contributed by atoms with E-state index in [0.29, 0.717) is 22.8 Å². The molecule has 2 heterocycles. The monoisotopic (exact) mass is 414 g/mol. The number of hydrogen-bond acceptors (Lipinski definition) is 7. The van der Waals surface area contributed by atoms with Gasteiger partial charge in [-0.2, -0.15) is 0 Å². The largest absolute Gasteiger partial charge is 0.493 e. The molecular weight excluding hydrogens is 392 g/mol. The molecule has 0 radical (unpaired) electrons. The van der Waals surface area contributed by atoms with Gasteiger partial charge in [0.15, 0.2) is 17.3 Å². The molecule has 0 aliphatic carbocycles. The normalized spacial score (nSPS) is 15.8. The second kappa shape index (κ2) is 9.17. The van der Waals surface area contributed by atoms with Crippen molar-refractivity contribution in [2.45, 2.75) is 19.9 Å². The maximum atomic E-state index is 12.6. The van der Waals surface area contributed by atoms with E-state index in [1.165, 1.54) is 20.3 Å². The number of ketones is 1. The minimum Gasteiger partial charge on any atom is -0.493 e. The van der Waals surface area contributed by atoms with Gasteiger partial charge in [-0.15, -0.1) is 0 Å². The summed E-state index contributed by atoms with van der Waals surface area (Å²) in [6.07, 6.45) is 1.45. The summed E-state index contributed by atoms with van der Waals surface area (Å²) in [7, 11) is 1.45. The third-order valence-corrected chi connectivity index (χ3v) is 4.42. The molecule has 1 aromatic heterocycles. The van der Waals surface area contributed by atoms with Gasteiger partial charge in [0.25, 0.3) is 0 Å². The van der Waals surface area contributed by atoms with Gasteiger partial charge in [0.2, 0.25) is 0 Å². The van der Waals surface area contributed by atoms with Crippen molar-refractivity contribution in [1.29, 1.82) is 0 Å². The maximum absolute atomic E-state index is 12.6. The Hall–Kier alpha value is -3.75. The molecule has 9 nitrogen and oxygen atoms in total. The fraction of sp³-hybridized carbons (Fsp3) is 0.286. The lowest BCUT2D eigenvalue weighted by molar-refractivity contribution is -0.139. The molecule has 9 heteroatoms. The van der Waals surface area contributed by atoms with Crippen molar-refractivity contribution in [3.8, 4) is 11.5 Å². The molecule has 0 fully saturated rings. The highest BCUT2D eigenvalue weighted by atomic mass is 16.5. The fourth-order valence-electron chi connectivity index (χ4n) is 3.01. The van der Waals surface area contributed by atoms with Crippen LogP contribution in [0.3, 0.4) is 0 Å². The van der Waals surface area contributed by atoms with Crippen LogP contribution in [0.1, 0.15) is 36.0 Å². The Kier molecular flexibility index (Phi) is 6.41. The Balaban J connectivity index is 1.94. The summed E-state index contributed by atoms with van der Waals surface area (Å²) in [5.74, 6) is 0.362. The Morgan fingerprint density at radius 1 is 1.20 bits per heavy atom. The second-order valence-corrected chi connectivity index (χ2v) is 6.37. The number of furan rings is 1. The molecule has 0 spiro atoms. The zero-order chi connectivity index (χ0) is 21.7. The zero-order valence-electron chi connectivity index (χ0n) is 16.8. The van der Waals surface area contributed by atoms with E-state index in [-0.39, 0.29) is 30.3 Å². The molecule has 1 aromatic carbocycles. The minimum absolute atomic E-state index is 0.112. The van der Waals surface area contributed by atoms with Crippen molar-refractivity contribution in [3.63, 3.8) is 0 Å². The number of urea groups is 1. The topological polar surface area (TPSA) is 116 Å². The van der Waals surface area contributed by atoms with Crippen LogP contribution in [0.25, 0.3) is 0 Å². The number of Topliss-reactive ketones (excluding diaryl/α,β-unsaturated/α-hetero) is 1. The van der Waals surface area contributed by atoms with Gasteiger partial charge in [-0.05, 0) is 44.2 Å². The van der Waals surface area contributed by atoms with Crippen molar-refractivity contribution >= 4 is 17.8 Å². The molecule has 0 saturated carbocycles. The van der Waals surface area contributed by atoms with E-state index >= 15 is 0 Å². The number of carbonyl (C=O) groups excluding carboxylic acids is 3. The number of nitrogens with one attached hydrogen (secondary N) is 2. The van der Waals surface area contributed by atoms with E-state index in [0.717, 1.165) is 0 Å². The lowest BCUT2D eigenvalue weighted by Gasteiger charge is -2.28. The van der Waals surface area contributed by atoms with Gasteiger partial charge < -0.3 is 29.3 Å². The number of ether oxygens (including phenoxy) is 3. The van der Waals surface area contributed by atoms with Crippen LogP contribution in [0, 0.1) is 0 Å². The van der Waals surface area contributed by atoms with E-state index in [1.807, 2.05) is 0 Å². The van der Waals surface area contributed by atoms with E-state index in [2.05, 4.69) is 10.6 Å². The first kappa shape index (κ1) is 21.0. The lowest BCUT2D eigenvalue weighted by atomic mass is 10.0. The van der Waals surface area contributed by atoms with E-state index in [4.69, 9.17) is 18.6 Å². The molecule has 1 unspecified atom stereocenters. The summed E-state index contributed by atoms with van der Waals surface area (Å²) >= 11 is 0. The predicted molar refractivity (Wildman–Crippen MR) is 105 cm³/mol. The van der Waals surface area contributed by atoms with E-state index < -0.39 is 18.0 Å². The molecule has 0 saturated heterocycles. The summed E-state index contributed by atoms with van der Waals surface area (Å²) < 4.78 is 21.6. The van der Waals surface area contributed by atoms with Crippen LogP contribution in [0.5, 0.6) is 11.5 Å². The SMILES string of the molecule is CCOC(=O)C1=C(COc2ccc(C(C)=O)cc2OC)NC(=O)NC1c1ccco1. The molecule has 0 bridgehead atoms. The number of carbonyl (C=O) groups is 3. The van der Waals surface area contributed by atoms with Crippen molar-refractivity contribution < 1.29 is 33.0 Å². The van der Waals surface area contributed by atoms with Crippen LogP contribution < -0.4 is 20.1 Å². The minimum atomic E-state index is -0.826. The molecule has 2 N–H and O–H groups in total. The average Bonchev–Trinajstić information content (AvgIpc) is 3.26. The van der Waals surface area contributed by atoms with Gasteiger partial charge >= 0.3 is 12.0 Å². The quantitative estimate of drug-likeness (QED) is 0.504. The van der Waals surface area contributed by atoms with Crippen LogP contribution >= 0.6 is 0 Å². The molecule has 3 rings (SSSR count). The highest BCUT2D eigenvalue weighted by Gasteiger charge is 2.35. The molecule has 2 aromatic rings. The summed E-state index contributed by atoms with van der Waals surface area (Å²) in [6, 6.07) is 6.72. The molecule has 1 aliphatic rings. The Morgan fingerprint density at radius 2 is 2.00 bits per heavy atom. The maximum Gasteiger partial charge on any atom is 0.338 e. The third-order valence-electron chi connectivity index (χ3n) is 4.42. The summed E-state index contributed by atoms with van der Waals surface area (Å²) in [5.41, 5.74) is 0.876. The number of esters is 1. The molecular formula is C21H22N2O7. The fourth-order valence-corrected chi connectivity index (χ4v) is 3.01. The number of rotatable bonds is 8. The Labute approximate surface area is 173 Å². The average molecular weight is 414 g/mol. The first-order chi connectivity index (χ1) is 14.4. The second-order valence-electron chi connectivity index (χ2n) is 6.37. The lowest BCUT2D eigenvalue weighted by Crippen LogP contribution is -2.47. The zero-order valence-corrected chi connectivity index (χ0v) is 16.8. The molecule has 2 amide bonds. The van der Waals surface area contributed by atoms with Gasteiger partial charge in [-0.25, -0.2) is 9.59 Å². The van der Waals surface area contributed by atoms with E-state index in [9.17, 15) is 14.4 Å². The number of benzene rings is 1. The van der Waals surface area contributed by atoms with Crippen molar-refractivity contribution in [2.75, 3.05) is 20.3 Å². The van der Waals surface area contributed by atoms with Gasteiger partial charge in [0.1, 0.15) is 18.4 Å². The number of amides is 2. The van der Waals surface area contributed by atoms with Gasteiger partial charge in [0, 0.05) is 5.56 Å². The van der Waals surface area contributed by atoms with Crippen LogP contribution in [0.15, 0.2) is 52.3 Å². The summed E-state index contributed by atoms with van der Waals surface area (Å²) in [6.45, 7) is 3.15. The van der Waals surface area contributed by atoms with Crippen LogP contribution in [-0.4, -0.2) is 38.1 Å².